The first-order valence-corrected chi connectivity index (χ1v) is 7.21. The summed E-state index contributed by atoms with van der Waals surface area (Å²) in [5, 5.41) is 11.5. The van der Waals surface area contributed by atoms with Crippen LogP contribution >= 0.6 is 11.3 Å². The van der Waals surface area contributed by atoms with E-state index in [1.807, 2.05) is 6.07 Å². The zero-order valence-electron chi connectivity index (χ0n) is 11.9. The largest absolute Gasteiger partial charge is 0.497 e. The maximum absolute atomic E-state index is 10.7. The fourth-order valence-electron chi connectivity index (χ4n) is 2.10. The van der Waals surface area contributed by atoms with Gasteiger partial charge in [0.25, 0.3) is 5.69 Å². The molecule has 0 saturated heterocycles. The molecule has 0 aliphatic heterocycles. The van der Waals surface area contributed by atoms with Crippen molar-refractivity contribution in [1.82, 2.24) is 4.98 Å². The zero-order chi connectivity index (χ0) is 15.7. The van der Waals surface area contributed by atoms with Gasteiger partial charge in [-0.05, 0) is 18.2 Å². The van der Waals surface area contributed by atoms with Crippen molar-refractivity contribution in [1.29, 1.82) is 0 Å². The van der Waals surface area contributed by atoms with E-state index >= 15 is 0 Å². The lowest BCUT2D eigenvalue weighted by atomic mass is 10.2. The summed E-state index contributed by atoms with van der Waals surface area (Å²) in [6.45, 7) is 0. The number of rotatable bonds is 4. The Morgan fingerprint density at radius 3 is 2.45 bits per heavy atom. The van der Waals surface area contributed by atoms with Gasteiger partial charge < -0.3 is 9.47 Å². The third-order valence-corrected chi connectivity index (χ3v) is 4.27. The third-order valence-electron chi connectivity index (χ3n) is 3.21. The number of aromatic nitrogens is 1. The molecule has 22 heavy (non-hydrogen) atoms. The molecule has 0 aliphatic rings. The molecule has 0 amide bonds. The van der Waals surface area contributed by atoms with Crippen LogP contribution in [0.4, 0.5) is 5.69 Å². The first-order chi connectivity index (χ1) is 10.6. The monoisotopic (exact) mass is 316 g/mol. The van der Waals surface area contributed by atoms with Crippen molar-refractivity contribution in [2.75, 3.05) is 14.2 Å². The van der Waals surface area contributed by atoms with Gasteiger partial charge in [-0.15, -0.1) is 11.3 Å². The van der Waals surface area contributed by atoms with Gasteiger partial charge in [0.2, 0.25) is 0 Å². The summed E-state index contributed by atoms with van der Waals surface area (Å²) >= 11 is 1.48. The number of fused-ring (bicyclic) bond motifs is 1. The van der Waals surface area contributed by atoms with Gasteiger partial charge in [0.1, 0.15) is 22.0 Å². The summed E-state index contributed by atoms with van der Waals surface area (Å²) in [7, 11) is 3.18. The van der Waals surface area contributed by atoms with Crippen LogP contribution in [-0.4, -0.2) is 24.1 Å². The molecular formula is C15H12N2O4S. The minimum atomic E-state index is -0.421. The SMILES string of the molecule is COc1cc(OC)c2nc(-c3ccc([N+](=O)[O-])cc3)sc2c1. The predicted octanol–water partition coefficient (Wildman–Crippen LogP) is 3.89. The normalized spacial score (nSPS) is 10.6. The zero-order valence-corrected chi connectivity index (χ0v) is 12.7. The van der Waals surface area contributed by atoms with Crippen LogP contribution in [-0.2, 0) is 0 Å². The van der Waals surface area contributed by atoms with Crippen molar-refractivity contribution in [3.63, 3.8) is 0 Å². The highest BCUT2D eigenvalue weighted by atomic mass is 32.1. The number of ether oxygens (including phenoxy) is 2. The van der Waals surface area contributed by atoms with Crippen molar-refractivity contribution in [3.8, 4) is 22.1 Å². The van der Waals surface area contributed by atoms with Crippen LogP contribution in [0.15, 0.2) is 36.4 Å². The number of thiazole rings is 1. The van der Waals surface area contributed by atoms with Gasteiger partial charge in [-0.3, -0.25) is 10.1 Å². The lowest BCUT2D eigenvalue weighted by molar-refractivity contribution is -0.384. The molecule has 0 N–H and O–H groups in total. The Morgan fingerprint density at radius 1 is 1.14 bits per heavy atom. The van der Waals surface area contributed by atoms with Crippen LogP contribution < -0.4 is 9.47 Å². The molecule has 6 nitrogen and oxygen atoms in total. The van der Waals surface area contributed by atoms with E-state index in [-0.39, 0.29) is 5.69 Å². The Labute approximate surface area is 130 Å². The average molecular weight is 316 g/mol. The maximum Gasteiger partial charge on any atom is 0.269 e. The number of benzene rings is 2. The van der Waals surface area contributed by atoms with E-state index in [2.05, 4.69) is 4.98 Å². The Bertz CT molecular complexity index is 843. The molecule has 0 bridgehead atoms. The van der Waals surface area contributed by atoms with Gasteiger partial charge >= 0.3 is 0 Å². The average Bonchev–Trinajstić information content (AvgIpc) is 2.97. The summed E-state index contributed by atoms with van der Waals surface area (Å²) in [6.07, 6.45) is 0. The predicted molar refractivity (Wildman–Crippen MR) is 84.8 cm³/mol. The second-order valence-corrected chi connectivity index (χ2v) is 5.53. The Balaban J connectivity index is 2.09. The quantitative estimate of drug-likeness (QED) is 0.539. The molecule has 0 radical (unpaired) electrons. The van der Waals surface area contributed by atoms with Gasteiger partial charge in [0, 0.05) is 23.8 Å². The summed E-state index contributed by atoms with van der Waals surface area (Å²) in [6, 6.07) is 10.0. The molecule has 3 aromatic rings. The van der Waals surface area contributed by atoms with Crippen molar-refractivity contribution in [2.24, 2.45) is 0 Å². The van der Waals surface area contributed by atoms with Crippen molar-refractivity contribution in [2.45, 2.75) is 0 Å². The molecule has 0 aliphatic carbocycles. The summed E-state index contributed by atoms with van der Waals surface area (Å²) in [4.78, 5) is 14.9. The van der Waals surface area contributed by atoms with E-state index in [1.165, 1.54) is 23.5 Å². The topological polar surface area (TPSA) is 74.5 Å². The van der Waals surface area contributed by atoms with E-state index in [9.17, 15) is 10.1 Å². The maximum atomic E-state index is 10.7. The lowest BCUT2D eigenvalue weighted by Crippen LogP contribution is -1.88. The molecule has 1 aromatic heterocycles. The first kappa shape index (κ1) is 14.3. The summed E-state index contributed by atoms with van der Waals surface area (Å²) in [5.41, 5.74) is 1.64. The van der Waals surface area contributed by atoms with Gasteiger partial charge in [-0.25, -0.2) is 4.98 Å². The number of methoxy groups -OCH3 is 2. The van der Waals surface area contributed by atoms with Crippen LogP contribution in [0.3, 0.4) is 0 Å². The van der Waals surface area contributed by atoms with E-state index in [4.69, 9.17) is 9.47 Å². The van der Waals surface area contributed by atoms with E-state index in [0.717, 1.165) is 20.8 Å². The van der Waals surface area contributed by atoms with Crippen LogP contribution in [0.25, 0.3) is 20.8 Å². The molecular weight excluding hydrogens is 304 g/mol. The van der Waals surface area contributed by atoms with Crippen LogP contribution in [0.2, 0.25) is 0 Å². The number of nitrogens with zero attached hydrogens (tertiary/aromatic N) is 2. The fraction of sp³-hybridized carbons (Fsp3) is 0.133. The number of nitro benzene ring substituents is 1. The third kappa shape index (κ3) is 2.46. The molecule has 112 valence electrons. The standard InChI is InChI=1S/C15H12N2O4S/c1-20-11-7-12(21-2)14-13(8-11)22-15(16-14)9-3-5-10(6-4-9)17(18)19/h3-8H,1-2H3. The fourth-order valence-corrected chi connectivity index (χ4v) is 3.11. The van der Waals surface area contributed by atoms with Gasteiger partial charge in [-0.2, -0.15) is 0 Å². The van der Waals surface area contributed by atoms with E-state index in [0.29, 0.717) is 11.5 Å². The Hall–Kier alpha value is -2.67. The summed E-state index contributed by atoms with van der Waals surface area (Å²) < 4.78 is 11.5. The number of nitro groups is 1. The molecule has 7 heteroatoms. The minimum absolute atomic E-state index is 0.0594. The Morgan fingerprint density at radius 2 is 1.86 bits per heavy atom. The number of hydrogen-bond acceptors (Lipinski definition) is 6. The molecule has 2 aromatic carbocycles. The molecule has 3 rings (SSSR count). The van der Waals surface area contributed by atoms with Crippen LogP contribution in [0.1, 0.15) is 0 Å². The van der Waals surface area contributed by atoms with Gasteiger partial charge in [-0.1, -0.05) is 0 Å². The highest BCUT2D eigenvalue weighted by molar-refractivity contribution is 7.21. The van der Waals surface area contributed by atoms with Crippen molar-refractivity contribution in [3.05, 3.63) is 46.5 Å². The van der Waals surface area contributed by atoms with Crippen molar-refractivity contribution < 1.29 is 14.4 Å². The second kappa shape index (κ2) is 5.61. The number of non-ortho nitro benzene ring substituents is 1. The molecule has 1 heterocycles. The van der Waals surface area contributed by atoms with Gasteiger partial charge in [0.15, 0.2) is 0 Å². The second-order valence-electron chi connectivity index (χ2n) is 4.50. The van der Waals surface area contributed by atoms with Crippen LogP contribution in [0, 0.1) is 10.1 Å². The van der Waals surface area contributed by atoms with Crippen LogP contribution in [0.5, 0.6) is 11.5 Å². The van der Waals surface area contributed by atoms with Crippen molar-refractivity contribution >= 4 is 27.2 Å². The molecule has 0 unspecified atom stereocenters. The highest BCUT2D eigenvalue weighted by Gasteiger charge is 2.13. The number of hydrogen-bond donors (Lipinski definition) is 0. The smallest absolute Gasteiger partial charge is 0.269 e. The highest BCUT2D eigenvalue weighted by Crippen LogP contribution is 2.38. The van der Waals surface area contributed by atoms with Gasteiger partial charge in [0.05, 0.1) is 23.8 Å². The lowest BCUT2D eigenvalue weighted by Gasteiger charge is -2.03. The first-order valence-electron chi connectivity index (χ1n) is 6.40. The molecule has 0 fully saturated rings. The molecule has 0 atom stereocenters. The summed E-state index contributed by atoms with van der Waals surface area (Å²) in [5.74, 6) is 1.34. The molecule has 0 spiro atoms. The van der Waals surface area contributed by atoms with E-state index < -0.39 is 4.92 Å². The minimum Gasteiger partial charge on any atom is -0.497 e. The van der Waals surface area contributed by atoms with E-state index in [1.54, 1.807) is 32.4 Å². The molecule has 0 saturated carbocycles. The Kier molecular flexibility index (Phi) is 3.64.